The minimum Gasteiger partial charge on any atom is -0.350 e. The van der Waals surface area contributed by atoms with Gasteiger partial charge in [0.15, 0.2) is 0 Å². The highest BCUT2D eigenvalue weighted by molar-refractivity contribution is 5.94. The molecule has 2 aromatic rings. The molecule has 176 valence electrons. The van der Waals surface area contributed by atoms with Gasteiger partial charge in [-0.15, -0.1) is 0 Å². The molecule has 1 fully saturated rings. The summed E-state index contributed by atoms with van der Waals surface area (Å²) in [6.45, 7) is 7.28. The van der Waals surface area contributed by atoms with Crippen molar-refractivity contribution in [2.45, 2.75) is 70.9 Å². The fraction of sp³-hybridized carbons (Fsp3) is 0.538. The summed E-state index contributed by atoms with van der Waals surface area (Å²) in [4.78, 5) is 38.8. The molecule has 1 saturated heterocycles. The number of carbonyl (C=O) groups is 2. The van der Waals surface area contributed by atoms with Crippen molar-refractivity contribution in [3.8, 4) is 0 Å². The van der Waals surface area contributed by atoms with Gasteiger partial charge < -0.3 is 5.32 Å². The van der Waals surface area contributed by atoms with E-state index in [1.54, 1.807) is 11.9 Å². The zero-order valence-electron chi connectivity index (χ0n) is 20.2. The van der Waals surface area contributed by atoms with Crippen LogP contribution in [0.25, 0.3) is 0 Å². The summed E-state index contributed by atoms with van der Waals surface area (Å²) in [5.74, 6) is 1.56. The number of anilines is 1. The van der Waals surface area contributed by atoms with Crippen molar-refractivity contribution in [3.05, 3.63) is 53.0 Å². The van der Waals surface area contributed by atoms with Crippen LogP contribution < -0.4 is 10.2 Å². The standard InChI is InChI=1S/C26H35N5O2/c1-18-20-13-14-23(33)30(4)25(20)28-24(27-18)21-12-8-9-15-31(21)17-22(32)29-26(2,3)16-19-10-6-5-7-11-19/h5-7,10-11,21H,8-9,12-17H2,1-4H3,(H,29,32)/t21-/m1/s1. The van der Waals surface area contributed by atoms with E-state index in [2.05, 4.69) is 36.2 Å². The van der Waals surface area contributed by atoms with Crippen LogP contribution in [0.4, 0.5) is 5.82 Å². The lowest BCUT2D eigenvalue weighted by Gasteiger charge is -2.36. The van der Waals surface area contributed by atoms with Crippen LogP contribution in [0.1, 0.15) is 68.2 Å². The molecule has 0 spiro atoms. The second-order valence-corrected chi connectivity index (χ2v) is 10.00. The normalized spacial score (nSPS) is 19.3. The lowest BCUT2D eigenvalue weighted by atomic mass is 9.94. The molecule has 2 aliphatic heterocycles. The van der Waals surface area contributed by atoms with Crippen molar-refractivity contribution < 1.29 is 9.59 Å². The highest BCUT2D eigenvalue weighted by Crippen LogP contribution is 2.33. The summed E-state index contributed by atoms with van der Waals surface area (Å²) in [5.41, 5.74) is 2.86. The number of aromatic nitrogens is 2. The summed E-state index contributed by atoms with van der Waals surface area (Å²) in [6, 6.07) is 10.2. The monoisotopic (exact) mass is 449 g/mol. The number of benzene rings is 1. The number of likely N-dealkylation sites (tertiary alicyclic amines) is 1. The van der Waals surface area contributed by atoms with Gasteiger partial charge in [0.2, 0.25) is 11.8 Å². The lowest BCUT2D eigenvalue weighted by Crippen LogP contribution is -2.50. The molecule has 0 radical (unpaired) electrons. The number of nitrogens with zero attached hydrogens (tertiary/aromatic N) is 4. The first kappa shape index (κ1) is 23.4. The van der Waals surface area contributed by atoms with Crippen LogP contribution >= 0.6 is 0 Å². The highest BCUT2D eigenvalue weighted by Gasteiger charge is 2.32. The fourth-order valence-electron chi connectivity index (χ4n) is 5.06. The van der Waals surface area contributed by atoms with Crippen LogP contribution in [0, 0.1) is 6.92 Å². The van der Waals surface area contributed by atoms with Crippen molar-refractivity contribution in [1.82, 2.24) is 20.2 Å². The zero-order valence-corrected chi connectivity index (χ0v) is 20.2. The smallest absolute Gasteiger partial charge is 0.234 e. The van der Waals surface area contributed by atoms with Crippen molar-refractivity contribution in [3.63, 3.8) is 0 Å². The van der Waals surface area contributed by atoms with Crippen LogP contribution in [-0.4, -0.2) is 52.4 Å². The molecule has 2 amide bonds. The summed E-state index contributed by atoms with van der Waals surface area (Å²) in [5, 5.41) is 3.22. The van der Waals surface area contributed by atoms with Gasteiger partial charge in [-0.3, -0.25) is 19.4 Å². The second-order valence-electron chi connectivity index (χ2n) is 10.00. The number of aryl methyl sites for hydroxylation is 1. The van der Waals surface area contributed by atoms with Crippen LogP contribution in [0.3, 0.4) is 0 Å². The summed E-state index contributed by atoms with van der Waals surface area (Å²) in [6.07, 6.45) is 5.02. The Morgan fingerprint density at radius 1 is 1.15 bits per heavy atom. The van der Waals surface area contributed by atoms with E-state index in [0.29, 0.717) is 19.4 Å². The minimum atomic E-state index is -0.342. The Kier molecular flexibility index (Phi) is 6.79. The molecule has 4 rings (SSSR count). The first-order valence-corrected chi connectivity index (χ1v) is 12.0. The fourth-order valence-corrected chi connectivity index (χ4v) is 5.06. The van der Waals surface area contributed by atoms with E-state index in [1.807, 2.05) is 25.1 Å². The number of hydrogen-bond donors (Lipinski definition) is 1. The number of rotatable bonds is 6. The van der Waals surface area contributed by atoms with E-state index < -0.39 is 0 Å². The molecule has 0 aliphatic carbocycles. The van der Waals surface area contributed by atoms with Crippen molar-refractivity contribution >= 4 is 17.6 Å². The number of piperidine rings is 1. The number of carbonyl (C=O) groups excluding carboxylic acids is 2. The maximum atomic E-state index is 13.0. The Balaban J connectivity index is 1.48. The molecule has 1 aromatic heterocycles. The van der Waals surface area contributed by atoms with E-state index in [4.69, 9.17) is 9.97 Å². The van der Waals surface area contributed by atoms with E-state index >= 15 is 0 Å². The van der Waals surface area contributed by atoms with Gasteiger partial charge >= 0.3 is 0 Å². The molecular formula is C26H35N5O2. The zero-order chi connectivity index (χ0) is 23.6. The summed E-state index contributed by atoms with van der Waals surface area (Å²) in [7, 11) is 1.79. The third-order valence-electron chi connectivity index (χ3n) is 6.72. The van der Waals surface area contributed by atoms with Crippen molar-refractivity contribution in [2.75, 3.05) is 25.0 Å². The van der Waals surface area contributed by atoms with E-state index in [-0.39, 0.29) is 23.4 Å². The van der Waals surface area contributed by atoms with E-state index in [9.17, 15) is 9.59 Å². The Morgan fingerprint density at radius 2 is 1.91 bits per heavy atom. The molecule has 0 unspecified atom stereocenters. The Bertz CT molecular complexity index is 1020. The molecule has 1 N–H and O–H groups in total. The molecular weight excluding hydrogens is 414 g/mol. The summed E-state index contributed by atoms with van der Waals surface area (Å²) >= 11 is 0. The lowest BCUT2D eigenvalue weighted by molar-refractivity contribution is -0.124. The Hall–Kier alpha value is -2.80. The molecule has 7 nitrogen and oxygen atoms in total. The molecule has 0 bridgehead atoms. The predicted molar refractivity (Wildman–Crippen MR) is 129 cm³/mol. The van der Waals surface area contributed by atoms with Gasteiger partial charge in [0.1, 0.15) is 11.6 Å². The van der Waals surface area contributed by atoms with E-state index in [0.717, 1.165) is 55.1 Å². The molecule has 0 saturated carbocycles. The molecule has 2 aliphatic rings. The van der Waals surface area contributed by atoms with Gasteiger partial charge in [0.05, 0.1) is 12.6 Å². The maximum Gasteiger partial charge on any atom is 0.234 e. The average Bonchev–Trinajstić information content (AvgIpc) is 2.76. The third-order valence-corrected chi connectivity index (χ3v) is 6.72. The van der Waals surface area contributed by atoms with Gasteiger partial charge in [-0.25, -0.2) is 9.97 Å². The highest BCUT2D eigenvalue weighted by atomic mass is 16.2. The maximum absolute atomic E-state index is 13.0. The van der Waals surface area contributed by atoms with Crippen LogP contribution in [0.5, 0.6) is 0 Å². The summed E-state index contributed by atoms with van der Waals surface area (Å²) < 4.78 is 0. The van der Waals surface area contributed by atoms with Crippen molar-refractivity contribution in [1.29, 1.82) is 0 Å². The first-order valence-electron chi connectivity index (χ1n) is 12.0. The molecule has 7 heteroatoms. The van der Waals surface area contributed by atoms with Gasteiger partial charge in [-0.1, -0.05) is 36.8 Å². The van der Waals surface area contributed by atoms with Crippen LogP contribution in [-0.2, 0) is 22.4 Å². The Labute approximate surface area is 196 Å². The third kappa shape index (κ3) is 5.41. The number of fused-ring (bicyclic) bond motifs is 1. The van der Waals surface area contributed by atoms with Gasteiger partial charge in [0.25, 0.3) is 0 Å². The van der Waals surface area contributed by atoms with Gasteiger partial charge in [-0.05, 0) is 58.6 Å². The van der Waals surface area contributed by atoms with E-state index in [1.165, 1.54) is 5.56 Å². The first-order chi connectivity index (χ1) is 15.7. The predicted octanol–water partition coefficient (Wildman–Crippen LogP) is 3.36. The Morgan fingerprint density at radius 3 is 2.67 bits per heavy atom. The van der Waals surface area contributed by atoms with Gasteiger partial charge in [-0.2, -0.15) is 0 Å². The topological polar surface area (TPSA) is 78.4 Å². The molecule has 3 heterocycles. The molecule has 33 heavy (non-hydrogen) atoms. The van der Waals surface area contributed by atoms with Crippen molar-refractivity contribution in [2.24, 2.45) is 0 Å². The molecule has 1 aromatic carbocycles. The van der Waals surface area contributed by atoms with Gasteiger partial charge in [0, 0.05) is 30.3 Å². The molecule has 1 atom stereocenters. The number of nitrogens with one attached hydrogen (secondary N) is 1. The number of hydrogen-bond acceptors (Lipinski definition) is 5. The SMILES string of the molecule is Cc1nc([C@H]2CCCCN2CC(=O)NC(C)(C)Cc2ccccc2)nc2c1CCC(=O)N2C. The number of amides is 2. The average molecular weight is 450 g/mol. The van der Waals surface area contributed by atoms with Crippen LogP contribution in [0.2, 0.25) is 0 Å². The largest absolute Gasteiger partial charge is 0.350 e. The quantitative estimate of drug-likeness (QED) is 0.732. The second kappa shape index (κ2) is 9.59. The van der Waals surface area contributed by atoms with Crippen LogP contribution in [0.15, 0.2) is 30.3 Å². The minimum absolute atomic E-state index is 0.0174.